The number of nitrogens with one attached hydrogen (secondary N) is 2. The quantitative estimate of drug-likeness (QED) is 0.326. The van der Waals surface area contributed by atoms with Gasteiger partial charge in [-0.1, -0.05) is 51.0 Å². The van der Waals surface area contributed by atoms with Crippen LogP contribution >= 0.6 is 24.0 Å². The highest BCUT2D eigenvalue weighted by atomic mass is 127. The summed E-state index contributed by atoms with van der Waals surface area (Å²) in [6.07, 6.45) is 7.22. The fraction of sp³-hybridized carbons (Fsp3) is 0.625. The summed E-state index contributed by atoms with van der Waals surface area (Å²) >= 11 is 0. The number of guanidine groups is 1. The molecule has 1 aromatic heterocycles. The number of aromatic nitrogens is 3. The van der Waals surface area contributed by atoms with Gasteiger partial charge in [0.2, 0.25) is 0 Å². The molecule has 1 saturated carbocycles. The number of hydrogen-bond acceptors (Lipinski definition) is 3. The summed E-state index contributed by atoms with van der Waals surface area (Å²) in [5.41, 5.74) is 3.06. The third-order valence-corrected chi connectivity index (χ3v) is 6.86. The van der Waals surface area contributed by atoms with Crippen LogP contribution in [0.4, 0.5) is 0 Å². The number of hydrogen-bond donors (Lipinski definition) is 2. The first-order valence-corrected chi connectivity index (χ1v) is 11.5. The van der Waals surface area contributed by atoms with Gasteiger partial charge in [-0.3, -0.25) is 4.99 Å². The summed E-state index contributed by atoms with van der Waals surface area (Å²) in [5, 5.41) is 11.8. The van der Waals surface area contributed by atoms with Gasteiger partial charge in [-0.25, -0.2) is 9.67 Å². The maximum atomic E-state index is 4.65. The fourth-order valence-corrected chi connectivity index (χ4v) is 5.06. The molecule has 2 aromatic rings. The third kappa shape index (κ3) is 5.23. The molecule has 4 rings (SSSR count). The molecule has 2 aliphatic rings. The van der Waals surface area contributed by atoms with Crippen LogP contribution < -0.4 is 10.6 Å². The van der Waals surface area contributed by atoms with E-state index in [-0.39, 0.29) is 35.4 Å². The minimum Gasteiger partial charge on any atom is -0.356 e. The van der Waals surface area contributed by atoms with Crippen LogP contribution in [0.5, 0.6) is 0 Å². The summed E-state index contributed by atoms with van der Waals surface area (Å²) in [6.45, 7) is 8.34. The Hall–Kier alpha value is -1.64. The largest absolute Gasteiger partial charge is 0.356 e. The van der Waals surface area contributed by atoms with Gasteiger partial charge in [0.05, 0.1) is 6.04 Å². The molecule has 0 radical (unpaired) electrons. The van der Waals surface area contributed by atoms with E-state index in [1.165, 1.54) is 36.8 Å². The second kappa shape index (κ2) is 10.3. The molecule has 2 N–H and O–H groups in total. The molecule has 31 heavy (non-hydrogen) atoms. The number of fused-ring (bicyclic) bond motifs is 1. The molecule has 1 atom stereocenters. The Bertz CT molecular complexity index is 880. The van der Waals surface area contributed by atoms with Crippen LogP contribution in [0.15, 0.2) is 29.3 Å². The number of aryl methyl sites for hydroxylation is 2. The van der Waals surface area contributed by atoms with Gasteiger partial charge in [0, 0.05) is 25.6 Å². The summed E-state index contributed by atoms with van der Waals surface area (Å²) in [6, 6.07) is 9.49. The van der Waals surface area contributed by atoms with E-state index in [9.17, 15) is 0 Å². The van der Waals surface area contributed by atoms with Crippen molar-refractivity contribution in [1.82, 2.24) is 25.4 Å². The first-order chi connectivity index (χ1) is 14.5. The molecule has 0 bridgehead atoms. The van der Waals surface area contributed by atoms with Crippen LogP contribution in [0.3, 0.4) is 0 Å². The average molecular weight is 537 g/mol. The van der Waals surface area contributed by atoms with Gasteiger partial charge in [0.1, 0.15) is 11.6 Å². The van der Waals surface area contributed by atoms with Crippen LogP contribution in [-0.2, 0) is 12.0 Å². The second-order valence-corrected chi connectivity index (χ2v) is 9.27. The van der Waals surface area contributed by atoms with E-state index in [1.807, 2.05) is 18.7 Å². The van der Waals surface area contributed by atoms with Gasteiger partial charge in [-0.2, -0.15) is 5.10 Å². The van der Waals surface area contributed by atoms with E-state index in [2.05, 4.69) is 63.8 Å². The zero-order valence-electron chi connectivity index (χ0n) is 19.3. The summed E-state index contributed by atoms with van der Waals surface area (Å²) in [4.78, 5) is 9.17. The van der Waals surface area contributed by atoms with Crippen molar-refractivity contribution in [2.24, 2.45) is 4.99 Å². The van der Waals surface area contributed by atoms with Gasteiger partial charge in [0.15, 0.2) is 5.96 Å². The van der Waals surface area contributed by atoms with Crippen LogP contribution in [0, 0.1) is 6.92 Å². The standard InChI is InChI=1S/C24H36N6.HI/c1-17(2)19-9-11-20(12-10-19)24(13-5-6-14-24)16-26-23(25-4)28-21-8-7-15-30-22(21)27-18(3)29-30;/h9-12,17,21H,5-8,13-16H2,1-4H3,(H2,25,26,28);1H. The van der Waals surface area contributed by atoms with E-state index in [0.717, 1.165) is 43.5 Å². The van der Waals surface area contributed by atoms with Gasteiger partial charge in [-0.15, -0.1) is 24.0 Å². The normalized spacial score (nSPS) is 20.3. The van der Waals surface area contributed by atoms with Crippen molar-refractivity contribution < 1.29 is 0 Å². The lowest BCUT2D eigenvalue weighted by molar-refractivity contribution is 0.392. The maximum absolute atomic E-state index is 4.65. The van der Waals surface area contributed by atoms with E-state index in [0.29, 0.717) is 5.92 Å². The van der Waals surface area contributed by atoms with Crippen molar-refractivity contribution in [2.75, 3.05) is 13.6 Å². The molecule has 1 aliphatic carbocycles. The number of rotatable bonds is 5. The van der Waals surface area contributed by atoms with E-state index in [4.69, 9.17) is 0 Å². The van der Waals surface area contributed by atoms with Crippen LogP contribution in [0.2, 0.25) is 0 Å². The highest BCUT2D eigenvalue weighted by molar-refractivity contribution is 14.0. The molecule has 6 nitrogen and oxygen atoms in total. The molecular formula is C24H37IN6. The minimum atomic E-state index is 0. The number of nitrogens with zero attached hydrogens (tertiary/aromatic N) is 4. The van der Waals surface area contributed by atoms with Crippen molar-refractivity contribution >= 4 is 29.9 Å². The van der Waals surface area contributed by atoms with Crippen molar-refractivity contribution in [2.45, 2.75) is 83.2 Å². The molecule has 1 aliphatic heterocycles. The lowest BCUT2D eigenvalue weighted by atomic mass is 9.78. The van der Waals surface area contributed by atoms with Gasteiger partial charge in [0.25, 0.3) is 0 Å². The monoisotopic (exact) mass is 536 g/mol. The predicted octanol–water partition coefficient (Wildman–Crippen LogP) is 4.84. The first kappa shape index (κ1) is 24.0. The van der Waals surface area contributed by atoms with E-state index < -0.39 is 0 Å². The molecule has 0 amide bonds. The second-order valence-electron chi connectivity index (χ2n) is 9.27. The Labute approximate surface area is 203 Å². The number of aliphatic imine (C=N–C) groups is 1. The molecule has 1 unspecified atom stereocenters. The average Bonchev–Trinajstić information content (AvgIpc) is 3.38. The smallest absolute Gasteiger partial charge is 0.191 e. The highest BCUT2D eigenvalue weighted by Crippen LogP contribution is 2.41. The fourth-order valence-electron chi connectivity index (χ4n) is 5.06. The molecule has 1 fully saturated rings. The Kier molecular flexibility index (Phi) is 7.99. The molecule has 0 saturated heterocycles. The lowest BCUT2D eigenvalue weighted by Gasteiger charge is -2.32. The maximum Gasteiger partial charge on any atom is 0.191 e. The van der Waals surface area contributed by atoms with Crippen molar-refractivity contribution in [3.05, 3.63) is 47.0 Å². The molecular weight excluding hydrogens is 499 g/mol. The minimum absolute atomic E-state index is 0. The third-order valence-electron chi connectivity index (χ3n) is 6.86. The zero-order chi connectivity index (χ0) is 21.1. The van der Waals surface area contributed by atoms with Crippen molar-refractivity contribution in [3.8, 4) is 0 Å². The van der Waals surface area contributed by atoms with Crippen LogP contribution in [0.1, 0.15) is 87.1 Å². The van der Waals surface area contributed by atoms with E-state index in [1.54, 1.807) is 0 Å². The van der Waals surface area contributed by atoms with Crippen molar-refractivity contribution in [1.29, 1.82) is 0 Å². The Balaban J connectivity index is 0.00000272. The van der Waals surface area contributed by atoms with Gasteiger partial charge in [-0.05, 0) is 49.7 Å². The Morgan fingerprint density at radius 2 is 1.90 bits per heavy atom. The van der Waals surface area contributed by atoms with Gasteiger partial charge >= 0.3 is 0 Å². The number of halogens is 1. The summed E-state index contributed by atoms with van der Waals surface area (Å²) < 4.78 is 2.04. The predicted molar refractivity (Wildman–Crippen MR) is 137 cm³/mol. The molecule has 0 spiro atoms. The zero-order valence-corrected chi connectivity index (χ0v) is 21.6. The van der Waals surface area contributed by atoms with Crippen LogP contribution in [0.25, 0.3) is 0 Å². The van der Waals surface area contributed by atoms with E-state index >= 15 is 0 Å². The summed E-state index contributed by atoms with van der Waals surface area (Å²) in [7, 11) is 1.85. The first-order valence-electron chi connectivity index (χ1n) is 11.5. The lowest BCUT2D eigenvalue weighted by Crippen LogP contribution is -2.46. The summed E-state index contributed by atoms with van der Waals surface area (Å²) in [5.74, 6) is 3.30. The topological polar surface area (TPSA) is 67.1 Å². The molecule has 7 heteroatoms. The molecule has 2 heterocycles. The molecule has 170 valence electrons. The van der Waals surface area contributed by atoms with Crippen molar-refractivity contribution in [3.63, 3.8) is 0 Å². The van der Waals surface area contributed by atoms with Gasteiger partial charge < -0.3 is 10.6 Å². The highest BCUT2D eigenvalue weighted by Gasteiger charge is 2.36. The Morgan fingerprint density at radius 1 is 1.19 bits per heavy atom. The number of benzene rings is 1. The van der Waals surface area contributed by atoms with Crippen LogP contribution in [-0.4, -0.2) is 34.3 Å². The molecule has 1 aromatic carbocycles. The Morgan fingerprint density at radius 3 is 2.55 bits per heavy atom. The SMILES string of the molecule is CN=C(NCC1(c2ccc(C(C)C)cc2)CCCC1)NC1CCCn2nc(C)nc21.I.